The van der Waals surface area contributed by atoms with Gasteiger partial charge in [0.25, 0.3) is 0 Å². The summed E-state index contributed by atoms with van der Waals surface area (Å²) in [5.74, 6) is 0.656. The van der Waals surface area contributed by atoms with Crippen LogP contribution in [0.15, 0.2) is 30.6 Å². The minimum absolute atomic E-state index is 0.656. The lowest BCUT2D eigenvalue weighted by Gasteiger charge is -2.24. The largest absolute Gasteiger partial charge is 0.381 e. The van der Waals surface area contributed by atoms with Crippen molar-refractivity contribution in [2.24, 2.45) is 5.92 Å². The van der Waals surface area contributed by atoms with Crippen molar-refractivity contribution in [3.8, 4) is 6.07 Å². The molecule has 0 N–H and O–H groups in total. The predicted octanol–water partition coefficient (Wildman–Crippen LogP) is 2.81. The van der Waals surface area contributed by atoms with Crippen LogP contribution in [0.3, 0.4) is 0 Å². The summed E-state index contributed by atoms with van der Waals surface area (Å²) in [6, 6.07) is 9.13. The molecular weight excluding hydrogens is 274 g/mol. The predicted molar refractivity (Wildman–Crippen MR) is 84.5 cm³/mol. The number of nitriles is 1. The number of hydrogen-bond acceptors (Lipinski definition) is 3. The van der Waals surface area contributed by atoms with E-state index in [1.807, 2.05) is 24.4 Å². The molecule has 2 fully saturated rings. The molecule has 0 bridgehead atoms. The monoisotopic (exact) mass is 295 g/mol. The molecule has 0 amide bonds. The van der Waals surface area contributed by atoms with Gasteiger partial charge in [-0.2, -0.15) is 5.26 Å². The Bertz CT molecular complexity index is 705. The van der Waals surface area contributed by atoms with Crippen molar-refractivity contribution in [2.45, 2.75) is 31.8 Å². The molecular formula is C18H21N3O. The fraction of sp³-hybridized carbons (Fsp3) is 0.500. The highest BCUT2D eigenvalue weighted by Gasteiger charge is 2.32. The van der Waals surface area contributed by atoms with E-state index in [2.05, 4.69) is 21.6 Å². The summed E-state index contributed by atoms with van der Waals surface area (Å²) in [6.07, 6.45) is 7.90. The van der Waals surface area contributed by atoms with Crippen LogP contribution >= 0.6 is 0 Å². The normalized spacial score (nSPS) is 21.5. The molecule has 4 nitrogen and oxygen atoms in total. The van der Waals surface area contributed by atoms with Crippen LogP contribution < -0.4 is 0 Å². The van der Waals surface area contributed by atoms with Gasteiger partial charge in [-0.15, -0.1) is 0 Å². The van der Waals surface area contributed by atoms with Crippen molar-refractivity contribution in [2.75, 3.05) is 19.8 Å². The van der Waals surface area contributed by atoms with E-state index >= 15 is 0 Å². The number of nitrogens with zero attached hydrogens (tertiary/aromatic N) is 3. The van der Waals surface area contributed by atoms with Gasteiger partial charge in [-0.25, -0.2) is 0 Å². The quantitative estimate of drug-likeness (QED) is 0.851. The summed E-state index contributed by atoms with van der Waals surface area (Å²) in [5.41, 5.74) is 2.99. The van der Waals surface area contributed by atoms with E-state index in [4.69, 9.17) is 4.74 Å². The molecule has 4 heteroatoms. The SMILES string of the molecule is N#Cc1c(CN(C[C@H]2CCOC2)C2CC2)cn2ccccc12. The van der Waals surface area contributed by atoms with Crippen LogP contribution in [0.1, 0.15) is 30.4 Å². The Balaban J connectivity index is 1.59. The van der Waals surface area contributed by atoms with Gasteiger partial charge < -0.3 is 9.14 Å². The Labute approximate surface area is 130 Å². The van der Waals surface area contributed by atoms with Crippen molar-refractivity contribution in [3.05, 3.63) is 41.7 Å². The van der Waals surface area contributed by atoms with Gasteiger partial charge in [0.2, 0.25) is 0 Å². The van der Waals surface area contributed by atoms with Crippen LogP contribution in [0.5, 0.6) is 0 Å². The summed E-state index contributed by atoms with van der Waals surface area (Å²) >= 11 is 0. The van der Waals surface area contributed by atoms with E-state index in [0.717, 1.165) is 42.9 Å². The fourth-order valence-electron chi connectivity index (χ4n) is 3.49. The first-order valence-electron chi connectivity index (χ1n) is 8.15. The average Bonchev–Trinajstić information content (AvgIpc) is 3.14. The lowest BCUT2D eigenvalue weighted by atomic mass is 10.1. The zero-order valence-electron chi connectivity index (χ0n) is 12.7. The lowest BCUT2D eigenvalue weighted by molar-refractivity contribution is 0.161. The first-order valence-corrected chi connectivity index (χ1v) is 8.15. The van der Waals surface area contributed by atoms with Gasteiger partial charge in [0.1, 0.15) is 6.07 Å². The third-order valence-corrected chi connectivity index (χ3v) is 4.83. The minimum atomic E-state index is 0.656. The van der Waals surface area contributed by atoms with E-state index in [-0.39, 0.29) is 0 Å². The Kier molecular flexibility index (Phi) is 3.61. The van der Waals surface area contributed by atoms with Crippen LogP contribution in [-0.2, 0) is 11.3 Å². The second-order valence-electron chi connectivity index (χ2n) is 6.52. The number of hydrogen-bond donors (Lipinski definition) is 0. The van der Waals surface area contributed by atoms with E-state index in [9.17, 15) is 5.26 Å². The highest BCUT2D eigenvalue weighted by molar-refractivity contribution is 5.65. The minimum Gasteiger partial charge on any atom is -0.381 e. The van der Waals surface area contributed by atoms with Crippen molar-refractivity contribution in [3.63, 3.8) is 0 Å². The number of fused-ring (bicyclic) bond motifs is 1. The van der Waals surface area contributed by atoms with Gasteiger partial charge in [-0.1, -0.05) is 6.07 Å². The molecule has 2 aromatic heterocycles. The van der Waals surface area contributed by atoms with Crippen LogP contribution in [0, 0.1) is 17.2 Å². The van der Waals surface area contributed by atoms with Crippen molar-refractivity contribution < 1.29 is 4.74 Å². The fourth-order valence-corrected chi connectivity index (χ4v) is 3.49. The molecule has 0 aromatic carbocycles. The molecule has 1 atom stereocenters. The maximum atomic E-state index is 9.55. The average molecular weight is 295 g/mol. The van der Waals surface area contributed by atoms with Gasteiger partial charge in [-0.3, -0.25) is 4.90 Å². The molecule has 0 radical (unpaired) electrons. The van der Waals surface area contributed by atoms with Gasteiger partial charge >= 0.3 is 0 Å². The molecule has 1 saturated carbocycles. The molecule has 0 spiro atoms. The molecule has 114 valence electrons. The summed E-state index contributed by atoms with van der Waals surface area (Å²) in [6.45, 7) is 3.78. The maximum Gasteiger partial charge on any atom is 0.102 e. The molecule has 1 aliphatic carbocycles. The second-order valence-corrected chi connectivity index (χ2v) is 6.52. The molecule has 2 aliphatic rings. The Morgan fingerprint density at radius 2 is 2.23 bits per heavy atom. The van der Waals surface area contributed by atoms with Crippen LogP contribution in [-0.4, -0.2) is 35.1 Å². The number of aromatic nitrogens is 1. The standard InChI is InChI=1S/C18H21N3O/c19-9-17-15(11-20-7-2-1-3-18(17)20)12-21(16-4-5-16)10-14-6-8-22-13-14/h1-3,7,11,14,16H,4-6,8,10,12-13H2/t14-/m1/s1. The molecule has 22 heavy (non-hydrogen) atoms. The second kappa shape index (κ2) is 5.75. The zero-order valence-corrected chi connectivity index (χ0v) is 12.7. The van der Waals surface area contributed by atoms with Crippen LogP contribution in [0.4, 0.5) is 0 Å². The van der Waals surface area contributed by atoms with Gasteiger partial charge in [0, 0.05) is 43.7 Å². The highest BCUT2D eigenvalue weighted by atomic mass is 16.5. The van der Waals surface area contributed by atoms with Gasteiger partial charge in [-0.05, 0) is 37.3 Å². The molecule has 2 aromatic rings. The molecule has 0 unspecified atom stereocenters. The van der Waals surface area contributed by atoms with Crippen molar-refractivity contribution in [1.29, 1.82) is 5.26 Å². The number of ether oxygens (including phenoxy) is 1. The third-order valence-electron chi connectivity index (χ3n) is 4.83. The summed E-state index contributed by atoms with van der Waals surface area (Å²) in [4.78, 5) is 2.56. The van der Waals surface area contributed by atoms with Crippen molar-refractivity contribution in [1.82, 2.24) is 9.30 Å². The first-order chi connectivity index (χ1) is 10.8. The molecule has 1 aliphatic heterocycles. The Hall–Kier alpha value is -1.83. The number of rotatable bonds is 5. The summed E-state index contributed by atoms with van der Waals surface area (Å²) in [7, 11) is 0. The van der Waals surface area contributed by atoms with E-state index in [0.29, 0.717) is 12.0 Å². The summed E-state index contributed by atoms with van der Waals surface area (Å²) in [5, 5.41) is 9.55. The van der Waals surface area contributed by atoms with Crippen molar-refractivity contribution >= 4 is 5.52 Å². The number of pyridine rings is 1. The highest BCUT2D eigenvalue weighted by Crippen LogP contribution is 2.31. The molecule has 3 heterocycles. The van der Waals surface area contributed by atoms with E-state index in [1.165, 1.54) is 19.3 Å². The molecule has 1 saturated heterocycles. The smallest absolute Gasteiger partial charge is 0.102 e. The topological polar surface area (TPSA) is 40.7 Å². The first kappa shape index (κ1) is 13.8. The Morgan fingerprint density at radius 1 is 1.32 bits per heavy atom. The summed E-state index contributed by atoms with van der Waals surface area (Å²) < 4.78 is 7.59. The third kappa shape index (κ3) is 2.63. The maximum absolute atomic E-state index is 9.55. The van der Waals surface area contributed by atoms with Crippen LogP contribution in [0.25, 0.3) is 5.52 Å². The lowest BCUT2D eigenvalue weighted by Crippen LogP contribution is -2.31. The van der Waals surface area contributed by atoms with Crippen LogP contribution in [0.2, 0.25) is 0 Å². The zero-order chi connectivity index (χ0) is 14.9. The Morgan fingerprint density at radius 3 is 2.95 bits per heavy atom. The van der Waals surface area contributed by atoms with E-state index < -0.39 is 0 Å². The van der Waals surface area contributed by atoms with Gasteiger partial charge in [0.05, 0.1) is 17.7 Å². The van der Waals surface area contributed by atoms with E-state index in [1.54, 1.807) is 0 Å². The van der Waals surface area contributed by atoms with Gasteiger partial charge in [0.15, 0.2) is 0 Å². The molecule has 4 rings (SSSR count).